The number of aryl methyl sites for hydroxylation is 2. The number of nitrogens with zero attached hydrogens (tertiary/aromatic N) is 4. The third-order valence-corrected chi connectivity index (χ3v) is 4.11. The van der Waals surface area contributed by atoms with Gasteiger partial charge in [-0.05, 0) is 45.6 Å². The van der Waals surface area contributed by atoms with Crippen molar-refractivity contribution in [1.82, 2.24) is 19.7 Å². The van der Waals surface area contributed by atoms with Crippen molar-refractivity contribution in [3.05, 3.63) is 35.5 Å². The van der Waals surface area contributed by atoms with Crippen LogP contribution in [0.5, 0.6) is 0 Å². The van der Waals surface area contributed by atoms with Gasteiger partial charge in [0, 0.05) is 23.5 Å². The smallest absolute Gasteiger partial charge is 0.133 e. The van der Waals surface area contributed by atoms with Crippen LogP contribution in [0.15, 0.2) is 18.7 Å². The van der Waals surface area contributed by atoms with Crippen LogP contribution in [0, 0.1) is 6.92 Å². The fourth-order valence-electron chi connectivity index (χ4n) is 2.71. The summed E-state index contributed by atoms with van der Waals surface area (Å²) in [6, 6.07) is 0.532. The van der Waals surface area contributed by atoms with Crippen molar-refractivity contribution < 1.29 is 0 Å². The number of fused-ring (bicyclic) bond motifs is 1. The van der Waals surface area contributed by atoms with E-state index in [0.717, 1.165) is 18.7 Å². The summed E-state index contributed by atoms with van der Waals surface area (Å²) in [6.07, 6.45) is 8.99. The van der Waals surface area contributed by atoms with Gasteiger partial charge in [0.15, 0.2) is 0 Å². The molecule has 0 spiro atoms. The molecular formula is C15H21N5. The van der Waals surface area contributed by atoms with Gasteiger partial charge in [-0.25, -0.2) is 9.97 Å². The molecule has 2 aromatic heterocycles. The van der Waals surface area contributed by atoms with E-state index in [1.807, 2.05) is 10.9 Å². The second-order valence-electron chi connectivity index (χ2n) is 5.67. The van der Waals surface area contributed by atoms with Crippen molar-refractivity contribution >= 4 is 5.82 Å². The molecule has 0 unspecified atom stereocenters. The summed E-state index contributed by atoms with van der Waals surface area (Å²) < 4.78 is 2.01. The highest BCUT2D eigenvalue weighted by Gasteiger charge is 2.20. The Bertz CT molecular complexity index is 604. The average molecular weight is 271 g/mol. The van der Waals surface area contributed by atoms with Crippen LogP contribution in [0.3, 0.4) is 0 Å². The Morgan fingerprint density at radius 1 is 1.25 bits per heavy atom. The molecule has 0 saturated carbocycles. The van der Waals surface area contributed by atoms with Gasteiger partial charge in [0.25, 0.3) is 0 Å². The number of anilines is 1. The molecule has 1 aliphatic carbocycles. The summed E-state index contributed by atoms with van der Waals surface area (Å²) in [6.45, 7) is 6.41. The van der Waals surface area contributed by atoms with Crippen molar-refractivity contribution in [2.24, 2.45) is 0 Å². The number of hydrogen-bond donors (Lipinski definition) is 1. The van der Waals surface area contributed by atoms with Crippen LogP contribution >= 0.6 is 0 Å². The van der Waals surface area contributed by atoms with Gasteiger partial charge in [-0.2, -0.15) is 5.10 Å². The van der Waals surface area contributed by atoms with E-state index in [1.54, 1.807) is 6.33 Å². The Labute approximate surface area is 119 Å². The second-order valence-corrected chi connectivity index (χ2v) is 5.67. The molecule has 0 fully saturated rings. The van der Waals surface area contributed by atoms with Crippen molar-refractivity contribution in [3.63, 3.8) is 0 Å². The molecule has 2 atom stereocenters. The van der Waals surface area contributed by atoms with Gasteiger partial charge in [0.1, 0.15) is 12.1 Å². The van der Waals surface area contributed by atoms with Crippen LogP contribution in [-0.4, -0.2) is 25.8 Å². The minimum Gasteiger partial charge on any atom is -0.365 e. The van der Waals surface area contributed by atoms with E-state index in [1.165, 1.54) is 23.2 Å². The zero-order chi connectivity index (χ0) is 14.1. The largest absolute Gasteiger partial charge is 0.365 e. The van der Waals surface area contributed by atoms with Gasteiger partial charge >= 0.3 is 0 Å². The van der Waals surface area contributed by atoms with Crippen LogP contribution in [0.25, 0.3) is 0 Å². The Morgan fingerprint density at radius 3 is 2.85 bits per heavy atom. The van der Waals surface area contributed by atoms with E-state index in [4.69, 9.17) is 0 Å². The van der Waals surface area contributed by atoms with Crippen molar-refractivity contribution in [2.75, 3.05) is 5.32 Å². The quantitative estimate of drug-likeness (QED) is 0.928. The highest BCUT2D eigenvalue weighted by atomic mass is 15.3. The van der Waals surface area contributed by atoms with Gasteiger partial charge in [-0.15, -0.1) is 0 Å². The normalized spacial score (nSPS) is 16.8. The lowest BCUT2D eigenvalue weighted by Crippen LogP contribution is -2.28. The molecule has 0 saturated heterocycles. The topological polar surface area (TPSA) is 55.6 Å². The van der Waals surface area contributed by atoms with E-state index < -0.39 is 0 Å². The van der Waals surface area contributed by atoms with Crippen LogP contribution in [0.1, 0.15) is 43.1 Å². The average Bonchev–Trinajstić information content (AvgIpc) is 3.06. The lowest BCUT2D eigenvalue weighted by atomic mass is 10.1. The third-order valence-electron chi connectivity index (χ3n) is 4.11. The molecule has 20 heavy (non-hydrogen) atoms. The number of rotatable bonds is 4. The fourth-order valence-corrected chi connectivity index (χ4v) is 2.71. The van der Waals surface area contributed by atoms with Crippen molar-refractivity contribution in [3.8, 4) is 0 Å². The van der Waals surface area contributed by atoms with Gasteiger partial charge in [0.05, 0.1) is 12.2 Å². The molecule has 0 aromatic carbocycles. The molecular weight excluding hydrogens is 250 g/mol. The molecule has 0 radical (unpaired) electrons. The zero-order valence-corrected chi connectivity index (χ0v) is 12.3. The molecule has 0 amide bonds. The summed E-state index contributed by atoms with van der Waals surface area (Å²) in [4.78, 5) is 8.78. The lowest BCUT2D eigenvalue weighted by Gasteiger charge is -2.23. The molecule has 2 aromatic rings. The number of aromatic nitrogens is 4. The first-order valence-electron chi connectivity index (χ1n) is 7.25. The van der Waals surface area contributed by atoms with Crippen molar-refractivity contribution in [1.29, 1.82) is 0 Å². The van der Waals surface area contributed by atoms with Crippen LogP contribution in [-0.2, 0) is 12.8 Å². The van der Waals surface area contributed by atoms with Gasteiger partial charge < -0.3 is 5.32 Å². The maximum atomic E-state index is 4.42. The van der Waals surface area contributed by atoms with E-state index in [-0.39, 0.29) is 12.1 Å². The minimum atomic E-state index is 0.258. The Morgan fingerprint density at radius 2 is 2.10 bits per heavy atom. The molecule has 5 nitrogen and oxygen atoms in total. The minimum absolute atomic E-state index is 0.258. The summed E-state index contributed by atoms with van der Waals surface area (Å²) in [5, 5.41) is 7.93. The fraction of sp³-hybridized carbons (Fsp3) is 0.533. The predicted octanol–water partition coefficient (Wildman–Crippen LogP) is 2.53. The molecule has 0 aliphatic heterocycles. The lowest BCUT2D eigenvalue weighted by molar-refractivity contribution is 0.442. The maximum absolute atomic E-state index is 4.42. The molecule has 5 heteroatoms. The maximum Gasteiger partial charge on any atom is 0.133 e. The first-order chi connectivity index (χ1) is 9.65. The van der Waals surface area contributed by atoms with Crippen LogP contribution in [0.2, 0.25) is 0 Å². The van der Waals surface area contributed by atoms with Gasteiger partial charge in [-0.1, -0.05) is 0 Å². The first kappa shape index (κ1) is 13.1. The van der Waals surface area contributed by atoms with Gasteiger partial charge in [-0.3, -0.25) is 4.68 Å². The summed E-state index contributed by atoms with van der Waals surface area (Å²) in [5.74, 6) is 0.996. The van der Waals surface area contributed by atoms with Crippen LogP contribution in [0.4, 0.5) is 5.82 Å². The Balaban J connectivity index is 1.76. The van der Waals surface area contributed by atoms with Gasteiger partial charge in [0.2, 0.25) is 0 Å². The monoisotopic (exact) mass is 271 g/mol. The molecule has 2 heterocycles. The number of hydrogen-bond acceptors (Lipinski definition) is 4. The summed E-state index contributed by atoms with van der Waals surface area (Å²) in [5.41, 5.74) is 3.69. The summed E-state index contributed by atoms with van der Waals surface area (Å²) >= 11 is 0. The first-order valence-corrected chi connectivity index (χ1v) is 7.25. The summed E-state index contributed by atoms with van der Waals surface area (Å²) in [7, 11) is 0. The van der Waals surface area contributed by atoms with E-state index in [9.17, 15) is 0 Å². The van der Waals surface area contributed by atoms with E-state index >= 15 is 0 Å². The molecule has 0 bridgehead atoms. The van der Waals surface area contributed by atoms with Crippen molar-refractivity contribution in [2.45, 2.75) is 52.1 Å². The van der Waals surface area contributed by atoms with E-state index in [0.29, 0.717) is 0 Å². The SMILES string of the molecule is Cc1cnn([C@@H](C)[C@H](C)Nc2ncnc3c2CCC3)c1. The van der Waals surface area contributed by atoms with E-state index in [2.05, 4.69) is 47.4 Å². The third kappa shape index (κ3) is 2.40. The van der Waals surface area contributed by atoms with Crippen LogP contribution < -0.4 is 5.32 Å². The standard InChI is InChI=1S/C15H21N5/c1-10-7-18-20(8-10)12(3)11(2)19-15-13-5-4-6-14(13)16-9-17-15/h7-9,11-12H,4-6H2,1-3H3,(H,16,17,19)/t11-,12-/m0/s1. The Kier molecular flexibility index (Phi) is 3.42. The molecule has 3 rings (SSSR count). The Hall–Kier alpha value is -1.91. The highest BCUT2D eigenvalue weighted by molar-refractivity contribution is 5.48. The second kappa shape index (κ2) is 5.23. The predicted molar refractivity (Wildman–Crippen MR) is 78.8 cm³/mol. The molecule has 1 aliphatic rings. The zero-order valence-electron chi connectivity index (χ0n) is 12.3. The highest BCUT2D eigenvalue weighted by Crippen LogP contribution is 2.26. The molecule has 1 N–H and O–H groups in total. The number of nitrogens with one attached hydrogen (secondary N) is 1. The molecule has 106 valence electrons.